The molecule has 162 valence electrons. The molecule has 0 spiro atoms. The van der Waals surface area contributed by atoms with Gasteiger partial charge < -0.3 is 4.74 Å². The Balaban J connectivity index is 3.24. The second-order valence-electron chi connectivity index (χ2n) is 8.51. The molecule has 1 nitrogen and oxygen atoms in total. The van der Waals surface area contributed by atoms with Gasteiger partial charge in [0.05, 0.1) is 12.4 Å². The molecule has 0 radical (unpaired) electrons. The van der Waals surface area contributed by atoms with Gasteiger partial charge >= 0.3 is 0 Å². The van der Waals surface area contributed by atoms with Gasteiger partial charge in [0.25, 0.3) is 0 Å². The summed E-state index contributed by atoms with van der Waals surface area (Å²) in [5, 5.41) is 0. The molecule has 0 fully saturated rings. The van der Waals surface area contributed by atoms with E-state index in [0.717, 1.165) is 0 Å². The lowest BCUT2D eigenvalue weighted by Gasteiger charge is -2.16. The van der Waals surface area contributed by atoms with E-state index in [1.54, 1.807) is 6.26 Å². The summed E-state index contributed by atoms with van der Waals surface area (Å²) in [6, 6.07) is 0. The van der Waals surface area contributed by atoms with E-state index >= 15 is 0 Å². The summed E-state index contributed by atoms with van der Waals surface area (Å²) in [4.78, 5) is 0. The normalized spacial score (nSPS) is 12.2. The highest BCUT2D eigenvalue weighted by molar-refractivity contribution is 4.64. The van der Waals surface area contributed by atoms with Gasteiger partial charge in [0.2, 0.25) is 0 Å². The van der Waals surface area contributed by atoms with Gasteiger partial charge in [-0.15, -0.1) is 0 Å². The van der Waals surface area contributed by atoms with E-state index < -0.39 is 0 Å². The minimum Gasteiger partial charge on any atom is -0.499 e. The fourth-order valence-corrected chi connectivity index (χ4v) is 3.96. The molecule has 1 atom stereocenters. The SMILES string of the molecule is C=COC(CCCCC)CCCCCCCCCCCCCCCCCC. The smallest absolute Gasteiger partial charge is 0.0978 e. The molecule has 0 saturated carbocycles. The quantitative estimate of drug-likeness (QED) is 0.126. The largest absolute Gasteiger partial charge is 0.499 e. The second-order valence-corrected chi connectivity index (χ2v) is 8.51. The molecule has 0 aromatic heterocycles. The van der Waals surface area contributed by atoms with E-state index in [1.807, 2.05) is 0 Å². The third-order valence-corrected chi connectivity index (χ3v) is 5.80. The third-order valence-electron chi connectivity index (χ3n) is 5.80. The first-order valence-corrected chi connectivity index (χ1v) is 12.6. The maximum atomic E-state index is 5.68. The van der Waals surface area contributed by atoms with Gasteiger partial charge in [-0.25, -0.2) is 0 Å². The Kier molecular flexibility index (Phi) is 23.2. The zero-order chi connectivity index (χ0) is 19.8. The van der Waals surface area contributed by atoms with Gasteiger partial charge in [0, 0.05) is 0 Å². The number of hydrogen-bond donors (Lipinski definition) is 0. The van der Waals surface area contributed by atoms with Crippen LogP contribution in [0.25, 0.3) is 0 Å². The van der Waals surface area contributed by atoms with Crippen LogP contribution < -0.4 is 0 Å². The summed E-state index contributed by atoms with van der Waals surface area (Å²) in [5.74, 6) is 0. The minimum atomic E-state index is 0.417. The van der Waals surface area contributed by atoms with Gasteiger partial charge in [-0.3, -0.25) is 0 Å². The van der Waals surface area contributed by atoms with Crippen molar-refractivity contribution in [2.75, 3.05) is 0 Å². The van der Waals surface area contributed by atoms with Crippen LogP contribution in [0, 0.1) is 0 Å². The average Bonchev–Trinajstić information content (AvgIpc) is 2.67. The van der Waals surface area contributed by atoms with Gasteiger partial charge in [-0.1, -0.05) is 130 Å². The van der Waals surface area contributed by atoms with E-state index in [-0.39, 0.29) is 0 Å². The molecule has 0 aliphatic rings. The highest BCUT2D eigenvalue weighted by Gasteiger charge is 2.07. The molecule has 27 heavy (non-hydrogen) atoms. The Morgan fingerprint density at radius 2 is 0.815 bits per heavy atom. The van der Waals surface area contributed by atoms with Crippen molar-refractivity contribution < 1.29 is 4.74 Å². The summed E-state index contributed by atoms with van der Waals surface area (Å²) in [5.41, 5.74) is 0. The van der Waals surface area contributed by atoms with E-state index in [4.69, 9.17) is 4.74 Å². The fraction of sp³-hybridized carbons (Fsp3) is 0.923. The summed E-state index contributed by atoms with van der Waals surface area (Å²) < 4.78 is 5.68. The molecule has 0 amide bonds. The van der Waals surface area contributed by atoms with Crippen LogP contribution in [0.2, 0.25) is 0 Å². The van der Waals surface area contributed by atoms with E-state index in [2.05, 4.69) is 20.4 Å². The summed E-state index contributed by atoms with van der Waals surface area (Å²) in [6.07, 6.45) is 31.4. The summed E-state index contributed by atoms with van der Waals surface area (Å²) in [7, 11) is 0. The van der Waals surface area contributed by atoms with Crippen molar-refractivity contribution in [3.63, 3.8) is 0 Å². The molecule has 0 saturated heterocycles. The zero-order valence-electron chi connectivity index (χ0n) is 19.1. The van der Waals surface area contributed by atoms with Crippen LogP contribution in [-0.2, 0) is 4.74 Å². The standard InChI is InChI=1S/C26H52O/c1-4-7-9-10-11-12-13-14-15-16-17-18-19-20-21-23-25-26(27-6-3)24-22-8-5-2/h6,26H,3-5,7-25H2,1-2H3. The first-order valence-electron chi connectivity index (χ1n) is 12.6. The van der Waals surface area contributed by atoms with Crippen LogP contribution in [0.15, 0.2) is 12.8 Å². The van der Waals surface area contributed by atoms with Crippen molar-refractivity contribution in [1.82, 2.24) is 0 Å². The van der Waals surface area contributed by atoms with Gasteiger partial charge in [-0.2, -0.15) is 0 Å². The highest BCUT2D eigenvalue weighted by atomic mass is 16.5. The molecule has 0 aromatic carbocycles. The monoisotopic (exact) mass is 380 g/mol. The van der Waals surface area contributed by atoms with Crippen LogP contribution >= 0.6 is 0 Å². The van der Waals surface area contributed by atoms with Crippen molar-refractivity contribution in [2.24, 2.45) is 0 Å². The Bertz CT molecular complexity index is 273. The van der Waals surface area contributed by atoms with Crippen molar-refractivity contribution >= 4 is 0 Å². The highest BCUT2D eigenvalue weighted by Crippen LogP contribution is 2.17. The number of ether oxygens (including phenoxy) is 1. The van der Waals surface area contributed by atoms with Crippen molar-refractivity contribution in [3.05, 3.63) is 12.8 Å². The molecule has 0 aliphatic heterocycles. The lowest BCUT2D eigenvalue weighted by atomic mass is 10.0. The van der Waals surface area contributed by atoms with Crippen molar-refractivity contribution in [2.45, 2.75) is 155 Å². The van der Waals surface area contributed by atoms with Gasteiger partial charge in [-0.05, 0) is 25.7 Å². The molecule has 0 rings (SSSR count). The molecule has 0 N–H and O–H groups in total. The Morgan fingerprint density at radius 1 is 0.519 bits per heavy atom. The van der Waals surface area contributed by atoms with Gasteiger partial charge in [0.1, 0.15) is 0 Å². The molecule has 1 unspecified atom stereocenters. The topological polar surface area (TPSA) is 9.23 Å². The maximum absolute atomic E-state index is 5.68. The van der Waals surface area contributed by atoms with Crippen LogP contribution in [0.4, 0.5) is 0 Å². The number of hydrogen-bond acceptors (Lipinski definition) is 1. The van der Waals surface area contributed by atoms with Crippen molar-refractivity contribution in [3.8, 4) is 0 Å². The number of unbranched alkanes of at least 4 members (excludes halogenated alkanes) is 17. The van der Waals surface area contributed by atoms with Crippen LogP contribution in [-0.4, -0.2) is 6.10 Å². The van der Waals surface area contributed by atoms with Crippen LogP contribution in [0.1, 0.15) is 149 Å². The lowest BCUT2D eigenvalue weighted by Crippen LogP contribution is -2.09. The number of rotatable bonds is 23. The molecule has 0 aromatic rings. The molecule has 0 bridgehead atoms. The molecule has 1 heteroatoms. The predicted octanol–water partition coefficient (Wildman–Crippen LogP) is 9.75. The van der Waals surface area contributed by atoms with Crippen molar-refractivity contribution in [1.29, 1.82) is 0 Å². The first-order chi connectivity index (χ1) is 13.3. The lowest BCUT2D eigenvalue weighted by molar-refractivity contribution is 0.121. The Hall–Kier alpha value is -0.460. The summed E-state index contributed by atoms with van der Waals surface area (Å²) >= 11 is 0. The zero-order valence-corrected chi connectivity index (χ0v) is 19.1. The third kappa shape index (κ3) is 21.7. The van der Waals surface area contributed by atoms with E-state index in [9.17, 15) is 0 Å². The average molecular weight is 381 g/mol. The van der Waals surface area contributed by atoms with Gasteiger partial charge in [0.15, 0.2) is 0 Å². The maximum Gasteiger partial charge on any atom is 0.0978 e. The molecular weight excluding hydrogens is 328 g/mol. The first kappa shape index (κ1) is 26.5. The fourth-order valence-electron chi connectivity index (χ4n) is 3.96. The minimum absolute atomic E-state index is 0.417. The molecule has 0 heterocycles. The molecular formula is C26H52O. The summed E-state index contributed by atoms with van der Waals surface area (Å²) in [6.45, 7) is 8.29. The van der Waals surface area contributed by atoms with E-state index in [1.165, 1.54) is 135 Å². The van der Waals surface area contributed by atoms with Crippen LogP contribution in [0.3, 0.4) is 0 Å². The van der Waals surface area contributed by atoms with Crippen LogP contribution in [0.5, 0.6) is 0 Å². The second kappa shape index (κ2) is 23.6. The Morgan fingerprint density at radius 3 is 1.19 bits per heavy atom. The predicted molar refractivity (Wildman–Crippen MR) is 123 cm³/mol. The Labute approximate surface area is 172 Å². The van der Waals surface area contributed by atoms with E-state index in [0.29, 0.717) is 6.10 Å². The molecule has 0 aliphatic carbocycles.